The molecule has 0 aliphatic heterocycles. The zero-order valence-electron chi connectivity index (χ0n) is 7.36. The summed E-state index contributed by atoms with van der Waals surface area (Å²) in [6.07, 6.45) is -4.01. The molecule has 0 spiro atoms. The van der Waals surface area contributed by atoms with Gasteiger partial charge in [-0.2, -0.15) is 8.78 Å². The number of hydrogen-bond acceptors (Lipinski definition) is 2. The predicted octanol–water partition coefficient (Wildman–Crippen LogP) is 2.29. The van der Waals surface area contributed by atoms with Gasteiger partial charge in [-0.1, -0.05) is 11.6 Å². The van der Waals surface area contributed by atoms with Gasteiger partial charge in [0.1, 0.15) is 0 Å². The third-order valence-corrected chi connectivity index (χ3v) is 1.52. The van der Waals surface area contributed by atoms with Crippen LogP contribution in [0, 0.1) is 0 Å². The molecule has 0 aliphatic rings. The summed E-state index contributed by atoms with van der Waals surface area (Å²) in [4.78, 5) is 0. The van der Waals surface area contributed by atoms with Crippen molar-refractivity contribution in [1.29, 1.82) is 0 Å². The van der Waals surface area contributed by atoms with E-state index in [9.17, 15) is 13.2 Å². The van der Waals surface area contributed by atoms with Crippen molar-refractivity contribution in [2.45, 2.75) is 37.6 Å². The molecular weight excluding hydrogens is 209 g/mol. The zero-order valence-corrected chi connectivity index (χ0v) is 8.11. The van der Waals surface area contributed by atoms with Crippen LogP contribution in [0.3, 0.4) is 0 Å². The summed E-state index contributed by atoms with van der Waals surface area (Å²) in [5.41, 5.74) is -3.98. The molecule has 0 aromatic carbocycles. The highest BCUT2D eigenvalue weighted by Gasteiger charge is 2.40. The van der Waals surface area contributed by atoms with Gasteiger partial charge in [0.2, 0.25) is 0 Å². The molecular formula is C7H12ClF3O2. The number of halogens is 4. The largest absolute Gasteiger partial charge is 0.400 e. The van der Waals surface area contributed by atoms with Crippen LogP contribution in [0.1, 0.15) is 20.3 Å². The van der Waals surface area contributed by atoms with Crippen molar-refractivity contribution in [3.05, 3.63) is 0 Å². The molecule has 0 aliphatic carbocycles. The molecule has 0 saturated carbocycles. The third kappa shape index (κ3) is 6.12. The van der Waals surface area contributed by atoms with Gasteiger partial charge in [-0.25, -0.2) is 4.39 Å². The zero-order chi connectivity index (χ0) is 10.7. The van der Waals surface area contributed by atoms with Gasteiger partial charge in [0, 0.05) is 0 Å². The maximum Gasteiger partial charge on any atom is 0.400 e. The first-order chi connectivity index (χ1) is 5.65. The van der Waals surface area contributed by atoms with Crippen LogP contribution in [0.4, 0.5) is 13.2 Å². The minimum Gasteiger partial charge on any atom is -0.390 e. The van der Waals surface area contributed by atoms with Crippen LogP contribution >= 0.6 is 11.6 Å². The first-order valence-electron chi connectivity index (χ1n) is 3.67. The van der Waals surface area contributed by atoms with E-state index in [-0.39, 0.29) is 6.42 Å². The number of ether oxygens (including phenoxy) is 1. The number of rotatable bonds is 5. The molecule has 0 aromatic rings. The van der Waals surface area contributed by atoms with Gasteiger partial charge in [0.15, 0.2) is 0 Å². The Morgan fingerprint density at radius 2 is 1.92 bits per heavy atom. The standard InChI is InChI=1S/C7H12ClF3O2/c1-6(2,12)3-4-13-7(10,11)5(8)9/h5,12H,3-4H2,1-2H3. The highest BCUT2D eigenvalue weighted by Crippen LogP contribution is 2.26. The molecule has 1 N–H and O–H groups in total. The first-order valence-corrected chi connectivity index (χ1v) is 4.11. The minimum atomic E-state index is -3.99. The van der Waals surface area contributed by atoms with E-state index >= 15 is 0 Å². The van der Waals surface area contributed by atoms with E-state index in [1.807, 2.05) is 0 Å². The molecule has 0 rings (SSSR count). The van der Waals surface area contributed by atoms with Gasteiger partial charge in [-0.05, 0) is 20.3 Å². The summed E-state index contributed by atoms with van der Waals surface area (Å²) in [6, 6.07) is 0. The van der Waals surface area contributed by atoms with E-state index in [4.69, 9.17) is 5.11 Å². The molecule has 0 amide bonds. The number of hydrogen-bond donors (Lipinski definition) is 1. The molecule has 6 heteroatoms. The van der Waals surface area contributed by atoms with Crippen LogP contribution in [0.25, 0.3) is 0 Å². The molecule has 80 valence electrons. The molecule has 0 heterocycles. The average Bonchev–Trinajstić information content (AvgIpc) is 1.82. The summed E-state index contributed by atoms with van der Waals surface area (Å²) >= 11 is 4.52. The molecule has 2 nitrogen and oxygen atoms in total. The highest BCUT2D eigenvalue weighted by atomic mass is 35.5. The minimum absolute atomic E-state index is 0.0216. The number of aliphatic hydroxyl groups is 1. The van der Waals surface area contributed by atoms with E-state index in [0.29, 0.717) is 0 Å². The van der Waals surface area contributed by atoms with Crippen LogP contribution in [-0.4, -0.2) is 29.1 Å². The van der Waals surface area contributed by atoms with Crippen LogP contribution in [0.15, 0.2) is 0 Å². The Hall–Kier alpha value is -0.0000000000000000555. The Bertz CT molecular complexity index is 156. The summed E-state index contributed by atoms with van der Waals surface area (Å²) in [5.74, 6) is 0. The Labute approximate surface area is 79.6 Å². The van der Waals surface area contributed by atoms with Gasteiger partial charge in [0.25, 0.3) is 5.63 Å². The smallest absolute Gasteiger partial charge is 0.390 e. The summed E-state index contributed by atoms with van der Waals surface area (Å²) < 4.78 is 40.4. The lowest BCUT2D eigenvalue weighted by Gasteiger charge is -2.20. The summed E-state index contributed by atoms with van der Waals surface area (Å²) in [5, 5.41) is 9.10. The first kappa shape index (κ1) is 13.0. The van der Waals surface area contributed by atoms with Crippen molar-refractivity contribution in [2.24, 2.45) is 0 Å². The lowest BCUT2D eigenvalue weighted by Crippen LogP contribution is -2.32. The Morgan fingerprint density at radius 3 is 2.23 bits per heavy atom. The second kappa shape index (κ2) is 4.48. The summed E-state index contributed by atoms with van der Waals surface area (Å²) in [7, 11) is 0. The van der Waals surface area contributed by atoms with Gasteiger partial charge in [-0.15, -0.1) is 0 Å². The van der Waals surface area contributed by atoms with Crippen molar-refractivity contribution in [3.63, 3.8) is 0 Å². The molecule has 0 fully saturated rings. The Kier molecular flexibility index (Phi) is 4.48. The summed E-state index contributed by atoms with van der Waals surface area (Å²) in [6.45, 7) is 2.41. The van der Waals surface area contributed by atoms with Crippen molar-refractivity contribution in [1.82, 2.24) is 0 Å². The van der Waals surface area contributed by atoms with Gasteiger partial charge in [0.05, 0.1) is 12.2 Å². The lowest BCUT2D eigenvalue weighted by molar-refractivity contribution is -0.259. The Balaban J connectivity index is 3.77. The van der Waals surface area contributed by atoms with Crippen LogP contribution in [0.5, 0.6) is 0 Å². The van der Waals surface area contributed by atoms with E-state index in [2.05, 4.69) is 16.3 Å². The van der Waals surface area contributed by atoms with Crippen LogP contribution in [-0.2, 0) is 4.74 Å². The van der Waals surface area contributed by atoms with Gasteiger partial charge >= 0.3 is 6.11 Å². The van der Waals surface area contributed by atoms with Crippen molar-refractivity contribution in [2.75, 3.05) is 6.61 Å². The van der Waals surface area contributed by atoms with Gasteiger partial charge < -0.3 is 9.84 Å². The molecule has 1 atom stereocenters. The second-order valence-corrected chi connectivity index (χ2v) is 3.66. The van der Waals surface area contributed by atoms with E-state index < -0.39 is 23.9 Å². The molecule has 0 aromatic heterocycles. The van der Waals surface area contributed by atoms with E-state index in [1.165, 1.54) is 13.8 Å². The SMILES string of the molecule is CC(C)(O)CCOC(F)(F)C(F)Cl. The fourth-order valence-corrected chi connectivity index (χ4v) is 0.563. The fourth-order valence-electron chi connectivity index (χ4n) is 0.500. The third-order valence-electron chi connectivity index (χ3n) is 1.26. The fraction of sp³-hybridized carbons (Fsp3) is 1.00. The highest BCUT2D eigenvalue weighted by molar-refractivity contribution is 6.20. The normalized spacial score (nSPS) is 15.9. The predicted molar refractivity (Wildman–Crippen MR) is 42.6 cm³/mol. The maximum atomic E-state index is 12.3. The molecule has 0 bridgehead atoms. The van der Waals surface area contributed by atoms with Crippen molar-refractivity contribution < 1.29 is 23.0 Å². The average molecular weight is 221 g/mol. The monoisotopic (exact) mass is 220 g/mol. The van der Waals surface area contributed by atoms with E-state index in [1.54, 1.807) is 0 Å². The van der Waals surface area contributed by atoms with Gasteiger partial charge in [-0.3, -0.25) is 0 Å². The maximum absolute atomic E-state index is 12.3. The molecule has 0 saturated heterocycles. The second-order valence-electron chi connectivity index (χ2n) is 3.27. The van der Waals surface area contributed by atoms with Crippen molar-refractivity contribution >= 4 is 11.6 Å². The lowest BCUT2D eigenvalue weighted by atomic mass is 10.1. The van der Waals surface area contributed by atoms with E-state index in [0.717, 1.165) is 0 Å². The van der Waals surface area contributed by atoms with Crippen LogP contribution < -0.4 is 0 Å². The Morgan fingerprint density at radius 1 is 1.46 bits per heavy atom. The number of alkyl halides is 4. The van der Waals surface area contributed by atoms with Crippen molar-refractivity contribution in [3.8, 4) is 0 Å². The quantitative estimate of drug-likeness (QED) is 0.721. The van der Waals surface area contributed by atoms with Crippen LogP contribution in [0.2, 0.25) is 0 Å². The molecule has 1 unspecified atom stereocenters. The molecule has 0 radical (unpaired) electrons. The topological polar surface area (TPSA) is 29.5 Å². The molecule has 13 heavy (non-hydrogen) atoms.